The fourth-order valence-electron chi connectivity index (χ4n) is 1.86. The van der Waals surface area contributed by atoms with Gasteiger partial charge in [0.05, 0.1) is 10.0 Å². The molecule has 5 heteroatoms. The summed E-state index contributed by atoms with van der Waals surface area (Å²) in [5.74, 6) is 1.23. The van der Waals surface area contributed by atoms with Crippen LogP contribution in [0.3, 0.4) is 0 Å². The second-order valence-corrected chi connectivity index (χ2v) is 4.91. The molecule has 1 aliphatic rings. The number of hydrogen-bond acceptors (Lipinski definition) is 3. The first kappa shape index (κ1) is 13.0. The van der Waals surface area contributed by atoms with Gasteiger partial charge in [-0.1, -0.05) is 53.5 Å². The number of hydrogen-bond donors (Lipinski definition) is 0. The van der Waals surface area contributed by atoms with Crippen molar-refractivity contribution in [3.63, 3.8) is 0 Å². The molecule has 0 saturated carbocycles. The average Bonchev–Trinajstić information content (AvgIpc) is 2.48. The number of fused-ring (bicyclic) bond motifs is 1. The second kappa shape index (κ2) is 5.19. The van der Waals surface area contributed by atoms with Crippen molar-refractivity contribution in [1.82, 2.24) is 0 Å². The van der Waals surface area contributed by atoms with Crippen molar-refractivity contribution >= 4 is 35.2 Å². The van der Waals surface area contributed by atoms with E-state index in [1.165, 1.54) is 6.07 Å². The summed E-state index contributed by atoms with van der Waals surface area (Å²) < 4.78 is 11.3. The molecular weight excluding hydrogens is 299 g/mol. The molecule has 0 N–H and O–H groups in total. The quantitative estimate of drug-likeness (QED) is 0.775. The first-order valence-electron chi connectivity index (χ1n) is 5.78. The van der Waals surface area contributed by atoms with Crippen molar-refractivity contribution in [1.29, 1.82) is 0 Å². The number of benzene rings is 2. The zero-order chi connectivity index (χ0) is 14.1. The van der Waals surface area contributed by atoms with Crippen LogP contribution in [-0.4, -0.2) is 6.29 Å². The van der Waals surface area contributed by atoms with E-state index in [1.807, 2.05) is 30.3 Å². The largest absolute Gasteiger partial charge is 0.449 e. The van der Waals surface area contributed by atoms with Gasteiger partial charge in [0.15, 0.2) is 23.5 Å². The molecule has 0 atom stereocenters. The Hall–Kier alpha value is -1.97. The minimum Gasteiger partial charge on any atom is -0.449 e. The molecule has 1 aliphatic heterocycles. The van der Waals surface area contributed by atoms with Gasteiger partial charge in [-0.15, -0.1) is 0 Å². The van der Waals surface area contributed by atoms with Gasteiger partial charge in [-0.25, -0.2) is 0 Å². The number of carbonyl (C=O) groups is 1. The zero-order valence-corrected chi connectivity index (χ0v) is 11.6. The van der Waals surface area contributed by atoms with Crippen LogP contribution in [0.4, 0.5) is 0 Å². The van der Waals surface area contributed by atoms with Crippen LogP contribution in [0.25, 0.3) is 5.76 Å². The molecule has 0 amide bonds. The Labute approximate surface area is 125 Å². The molecule has 0 fully saturated rings. The van der Waals surface area contributed by atoms with Crippen molar-refractivity contribution in [3.05, 3.63) is 63.8 Å². The highest BCUT2D eigenvalue weighted by molar-refractivity contribution is 6.42. The highest BCUT2D eigenvalue weighted by Crippen LogP contribution is 2.42. The van der Waals surface area contributed by atoms with Crippen molar-refractivity contribution in [2.45, 2.75) is 0 Å². The van der Waals surface area contributed by atoms with Gasteiger partial charge in [-0.3, -0.25) is 4.79 Å². The van der Waals surface area contributed by atoms with Gasteiger partial charge in [0, 0.05) is 17.7 Å². The van der Waals surface area contributed by atoms with Gasteiger partial charge in [0.2, 0.25) is 5.76 Å². The number of carbonyl (C=O) groups excluding carboxylic acids is 1. The van der Waals surface area contributed by atoms with Gasteiger partial charge in [-0.2, -0.15) is 0 Å². The molecule has 2 aromatic rings. The third-order valence-corrected chi connectivity index (χ3v) is 3.51. The zero-order valence-electron chi connectivity index (χ0n) is 10.1. The third-order valence-electron chi connectivity index (χ3n) is 2.79. The van der Waals surface area contributed by atoms with E-state index in [0.717, 1.165) is 5.56 Å². The van der Waals surface area contributed by atoms with Crippen molar-refractivity contribution in [2.24, 2.45) is 0 Å². The molecule has 0 radical (unpaired) electrons. The van der Waals surface area contributed by atoms with E-state index in [0.29, 0.717) is 33.6 Å². The molecule has 0 unspecified atom stereocenters. The maximum absolute atomic E-state index is 11.2. The summed E-state index contributed by atoms with van der Waals surface area (Å²) in [5.41, 5.74) is 0.742. The van der Waals surface area contributed by atoms with Crippen LogP contribution in [0.5, 0.6) is 11.5 Å². The lowest BCUT2D eigenvalue weighted by Crippen LogP contribution is -2.12. The van der Waals surface area contributed by atoms with E-state index in [4.69, 9.17) is 32.7 Å². The highest BCUT2D eigenvalue weighted by Gasteiger charge is 2.24. The molecular formula is C15H8Cl2O3. The van der Waals surface area contributed by atoms with Crippen LogP contribution in [0, 0.1) is 0 Å². The number of allylic oxidation sites excluding steroid dienone is 1. The predicted octanol–water partition coefficient (Wildman–Crippen LogP) is 4.33. The highest BCUT2D eigenvalue weighted by atomic mass is 35.5. The minimum atomic E-state index is 0.0992. The number of halogens is 2. The average molecular weight is 307 g/mol. The molecule has 1 heterocycles. The summed E-state index contributed by atoms with van der Waals surface area (Å²) in [6.07, 6.45) is 0.605. The summed E-state index contributed by atoms with van der Waals surface area (Å²) in [7, 11) is 0. The fraction of sp³-hybridized carbons (Fsp3) is 0. The summed E-state index contributed by atoms with van der Waals surface area (Å²) in [5, 5.41) is 0.693. The van der Waals surface area contributed by atoms with Gasteiger partial charge < -0.3 is 9.47 Å². The maximum atomic E-state index is 11.2. The lowest BCUT2D eigenvalue weighted by molar-refractivity contribution is -0.106. The van der Waals surface area contributed by atoms with Crippen LogP contribution in [-0.2, 0) is 4.79 Å². The van der Waals surface area contributed by atoms with Crippen LogP contribution in [0.15, 0.2) is 48.2 Å². The number of aldehydes is 1. The lowest BCUT2D eigenvalue weighted by Gasteiger charge is -2.21. The maximum Gasteiger partial charge on any atom is 0.210 e. The molecule has 0 saturated heterocycles. The molecule has 20 heavy (non-hydrogen) atoms. The molecule has 3 rings (SSSR count). The van der Waals surface area contributed by atoms with E-state index in [2.05, 4.69) is 0 Å². The van der Waals surface area contributed by atoms with Gasteiger partial charge in [0.25, 0.3) is 0 Å². The second-order valence-electron chi connectivity index (χ2n) is 4.09. The fourth-order valence-corrected chi connectivity index (χ4v) is 2.17. The summed E-state index contributed by atoms with van der Waals surface area (Å²) in [4.78, 5) is 11.2. The van der Waals surface area contributed by atoms with Gasteiger partial charge in [-0.05, 0) is 0 Å². The molecule has 100 valence electrons. The number of rotatable bonds is 2. The van der Waals surface area contributed by atoms with Crippen molar-refractivity contribution in [3.8, 4) is 11.5 Å². The Balaban J connectivity index is 2.09. The molecule has 0 aromatic heterocycles. The van der Waals surface area contributed by atoms with Gasteiger partial charge in [0.1, 0.15) is 0 Å². The van der Waals surface area contributed by atoms with Crippen molar-refractivity contribution in [2.75, 3.05) is 0 Å². The molecule has 0 bridgehead atoms. The smallest absolute Gasteiger partial charge is 0.210 e. The van der Waals surface area contributed by atoms with Gasteiger partial charge >= 0.3 is 0 Å². The Morgan fingerprint density at radius 3 is 2.10 bits per heavy atom. The van der Waals surface area contributed by atoms with Crippen LogP contribution in [0.1, 0.15) is 5.56 Å². The summed E-state index contributed by atoms with van der Waals surface area (Å²) >= 11 is 11.9. The SMILES string of the molecule is O=CC1=C(c2ccccc2)Oc2cc(Cl)c(Cl)cc2O1. The molecule has 3 nitrogen and oxygen atoms in total. The first-order valence-corrected chi connectivity index (χ1v) is 6.54. The summed E-state index contributed by atoms with van der Waals surface area (Å²) in [6, 6.07) is 12.3. The first-order chi connectivity index (χ1) is 9.69. The minimum absolute atomic E-state index is 0.0992. The molecule has 0 aliphatic carbocycles. The predicted molar refractivity (Wildman–Crippen MR) is 77.1 cm³/mol. The Morgan fingerprint density at radius 2 is 1.50 bits per heavy atom. The van der Waals surface area contributed by atoms with Crippen LogP contribution < -0.4 is 9.47 Å². The normalized spacial score (nSPS) is 13.3. The number of ether oxygens (including phenoxy) is 2. The van der Waals surface area contributed by atoms with E-state index >= 15 is 0 Å². The Kier molecular flexibility index (Phi) is 3.38. The molecule has 0 spiro atoms. The summed E-state index contributed by atoms with van der Waals surface area (Å²) in [6.45, 7) is 0. The Bertz CT molecular complexity index is 709. The lowest BCUT2D eigenvalue weighted by atomic mass is 10.1. The van der Waals surface area contributed by atoms with Crippen LogP contribution >= 0.6 is 23.2 Å². The third kappa shape index (κ3) is 2.26. The van der Waals surface area contributed by atoms with E-state index in [-0.39, 0.29) is 5.76 Å². The monoisotopic (exact) mass is 306 g/mol. The Morgan fingerprint density at radius 1 is 0.900 bits per heavy atom. The standard InChI is InChI=1S/C15H8Cl2O3/c16-10-6-12-13(7-11(10)17)20-15(14(8-18)19-12)9-4-2-1-3-5-9/h1-8H. The van der Waals surface area contributed by atoms with E-state index < -0.39 is 0 Å². The van der Waals surface area contributed by atoms with E-state index in [9.17, 15) is 4.79 Å². The van der Waals surface area contributed by atoms with E-state index in [1.54, 1.807) is 6.07 Å². The van der Waals surface area contributed by atoms with Crippen molar-refractivity contribution < 1.29 is 14.3 Å². The van der Waals surface area contributed by atoms with Crippen LogP contribution in [0.2, 0.25) is 10.0 Å². The molecule has 2 aromatic carbocycles. The topological polar surface area (TPSA) is 35.5 Å².